The zero-order valence-electron chi connectivity index (χ0n) is 50.9. The minimum atomic E-state index is -0.524. The molecule has 0 unspecified atom stereocenters. The number of fused-ring (bicyclic) bond motifs is 1. The van der Waals surface area contributed by atoms with Gasteiger partial charge in [0.25, 0.3) is 0 Å². The van der Waals surface area contributed by atoms with Gasteiger partial charge in [0, 0.05) is 48.7 Å². The fraction of sp³-hybridized carbons (Fsp3) is 0.413. The summed E-state index contributed by atoms with van der Waals surface area (Å²) in [6.07, 6.45) is 9.12. The van der Waals surface area contributed by atoms with Gasteiger partial charge in [0.2, 0.25) is 11.9 Å². The number of nitrogens with zero attached hydrogens (tertiary/aromatic N) is 6. The van der Waals surface area contributed by atoms with E-state index in [1.165, 1.54) is 6.20 Å². The van der Waals surface area contributed by atoms with Crippen LogP contribution in [-0.4, -0.2) is 118 Å². The van der Waals surface area contributed by atoms with Crippen molar-refractivity contribution < 1.29 is 57.1 Å². The summed E-state index contributed by atoms with van der Waals surface area (Å²) in [5, 5.41) is 15.0. The molecule has 3 heterocycles. The Hall–Kier alpha value is -9.61. The molecule has 7 aromatic rings. The number of amides is 2. The maximum absolute atomic E-state index is 11.7. The van der Waals surface area contributed by atoms with Crippen LogP contribution >= 0.6 is 0 Å². The maximum Gasteiger partial charge on any atom is 0.407 e. The number of carbonyl (C=O) groups excluding carboxylic acids is 4. The van der Waals surface area contributed by atoms with Crippen LogP contribution in [0.15, 0.2) is 116 Å². The van der Waals surface area contributed by atoms with E-state index in [9.17, 15) is 19.2 Å². The number of nitrogens with two attached hydrogens (primary N) is 1. The average molecular weight is 1200 g/mol. The van der Waals surface area contributed by atoms with Crippen LogP contribution in [0.5, 0.6) is 23.0 Å². The molecular formula is C63H82N12O12. The van der Waals surface area contributed by atoms with Crippen molar-refractivity contribution in [1.29, 1.82) is 0 Å². The molecule has 0 aliphatic carbocycles. The number of rotatable bonds is 31. The first-order valence-electron chi connectivity index (χ1n) is 29.1. The highest BCUT2D eigenvalue weighted by Crippen LogP contribution is 2.27. The van der Waals surface area contributed by atoms with Gasteiger partial charge in [-0.1, -0.05) is 0 Å². The third-order valence-electron chi connectivity index (χ3n) is 11.8. The fourth-order valence-electron chi connectivity index (χ4n) is 7.73. The Balaban J connectivity index is 0.000000278. The number of esters is 2. The molecule has 0 radical (unpaired) electrons. The van der Waals surface area contributed by atoms with Crippen LogP contribution in [0.1, 0.15) is 107 Å². The molecule has 0 saturated heterocycles. The van der Waals surface area contributed by atoms with Gasteiger partial charge in [0.15, 0.2) is 11.5 Å². The van der Waals surface area contributed by atoms with Crippen molar-refractivity contribution in [2.45, 2.75) is 118 Å². The first-order chi connectivity index (χ1) is 41.8. The number of anilines is 7. The minimum Gasteiger partial charge on any atom is -0.494 e. The van der Waals surface area contributed by atoms with Crippen LogP contribution < -0.4 is 51.3 Å². The van der Waals surface area contributed by atoms with Gasteiger partial charge in [-0.25, -0.2) is 24.5 Å². The van der Waals surface area contributed by atoms with Gasteiger partial charge in [-0.15, -0.1) is 0 Å². The van der Waals surface area contributed by atoms with E-state index in [1.54, 1.807) is 26.4 Å². The quantitative estimate of drug-likeness (QED) is 0.0134. The Morgan fingerprint density at radius 3 is 1.33 bits per heavy atom. The van der Waals surface area contributed by atoms with Crippen molar-refractivity contribution in [3.63, 3.8) is 0 Å². The van der Waals surface area contributed by atoms with Gasteiger partial charge in [-0.2, -0.15) is 9.97 Å². The highest BCUT2D eigenvalue weighted by Gasteiger charge is 2.17. The molecule has 4 aromatic carbocycles. The Morgan fingerprint density at radius 2 is 0.897 bits per heavy atom. The van der Waals surface area contributed by atoms with E-state index in [0.29, 0.717) is 124 Å². The summed E-state index contributed by atoms with van der Waals surface area (Å²) < 4.78 is 45.3. The van der Waals surface area contributed by atoms with Crippen LogP contribution in [0.3, 0.4) is 0 Å². The summed E-state index contributed by atoms with van der Waals surface area (Å²) >= 11 is 0. The molecule has 2 amide bonds. The minimum absolute atomic E-state index is 0.172. The lowest BCUT2D eigenvalue weighted by Crippen LogP contribution is -2.33. The number of hydrogen-bond acceptors (Lipinski definition) is 21. The summed E-state index contributed by atoms with van der Waals surface area (Å²) in [4.78, 5) is 68.5. The molecule has 0 aliphatic rings. The molecule has 24 nitrogen and oxygen atoms in total. The Kier molecular flexibility index (Phi) is 26.3. The van der Waals surface area contributed by atoms with Crippen LogP contribution in [0.2, 0.25) is 0 Å². The molecule has 0 fully saturated rings. The monoisotopic (exact) mass is 1200 g/mol. The van der Waals surface area contributed by atoms with Gasteiger partial charge >= 0.3 is 24.1 Å². The molecule has 466 valence electrons. The summed E-state index contributed by atoms with van der Waals surface area (Å²) in [5.74, 6) is 3.81. The number of alkyl carbamates (subject to hydrolysis) is 2. The molecule has 0 spiro atoms. The second kappa shape index (κ2) is 34.4. The normalized spacial score (nSPS) is 11.0. The molecule has 87 heavy (non-hydrogen) atoms. The van der Waals surface area contributed by atoms with Gasteiger partial charge in [0.05, 0.1) is 57.7 Å². The predicted molar refractivity (Wildman–Crippen MR) is 333 cm³/mol. The zero-order valence-corrected chi connectivity index (χ0v) is 50.9. The van der Waals surface area contributed by atoms with Crippen molar-refractivity contribution in [2.75, 3.05) is 74.4 Å². The van der Waals surface area contributed by atoms with Crippen molar-refractivity contribution in [3.05, 3.63) is 116 Å². The molecule has 24 heteroatoms. The van der Waals surface area contributed by atoms with E-state index in [1.807, 2.05) is 143 Å². The number of nitrogens with one attached hydrogen (secondary N) is 5. The molecule has 0 aliphatic heterocycles. The molecule has 3 aromatic heterocycles. The summed E-state index contributed by atoms with van der Waals surface area (Å²) in [7, 11) is 0. The van der Waals surface area contributed by atoms with Crippen molar-refractivity contribution >= 4 is 75.8 Å². The van der Waals surface area contributed by atoms with E-state index in [2.05, 4.69) is 51.5 Å². The second-order valence-electron chi connectivity index (χ2n) is 21.4. The highest BCUT2D eigenvalue weighted by atomic mass is 16.6. The molecule has 0 bridgehead atoms. The number of carbonyl (C=O) groups is 4. The van der Waals surface area contributed by atoms with E-state index in [0.717, 1.165) is 59.9 Å². The third kappa shape index (κ3) is 25.3. The molecule has 0 saturated carbocycles. The van der Waals surface area contributed by atoms with E-state index in [4.69, 9.17) is 43.6 Å². The molecule has 0 atom stereocenters. The summed E-state index contributed by atoms with van der Waals surface area (Å²) in [5.41, 5.74) is 10.0. The smallest absolute Gasteiger partial charge is 0.407 e. The number of nitrogen functional groups attached to an aromatic ring is 1. The highest BCUT2D eigenvalue weighted by molar-refractivity contribution is 5.75. The van der Waals surface area contributed by atoms with Gasteiger partial charge in [-0.3, -0.25) is 14.2 Å². The lowest BCUT2D eigenvalue weighted by molar-refractivity contribution is -0.144. The zero-order chi connectivity index (χ0) is 62.4. The van der Waals surface area contributed by atoms with E-state index in [-0.39, 0.29) is 11.9 Å². The van der Waals surface area contributed by atoms with Gasteiger partial charge in [-0.05, 0) is 191 Å². The Labute approximate surface area is 508 Å². The SMILES string of the molecule is CCOC(=O)CCCCOc1ccc(-n2cnc3cnc(Nc4ccc(OCCCNC(=O)OC(C)(C)C)cc4)nc32)cc1.CCOC(=O)CCCCOc1ccc(Nc2nc(Nc3ccc(OCCCNC(=O)OC(C)(C)C)cc3)ncc2N)cc1. The van der Waals surface area contributed by atoms with E-state index >= 15 is 0 Å². The number of aromatic nitrogens is 6. The Bertz CT molecular complexity index is 3220. The lowest BCUT2D eigenvalue weighted by atomic mass is 10.2. The average Bonchev–Trinajstić information content (AvgIpc) is 3.42. The standard InChI is InChI=1S/C32H40N6O6.C31H42N6O6/c1-5-41-28(39)9-6-7-19-42-26-16-12-24(13-17-26)38-22-35-27-21-34-30(37-29(27)38)36-23-10-14-25(15-11-23)43-20-8-18-33-31(40)44-32(2,3)4;1-5-40-27(38)9-6-7-19-41-24-14-10-22(11-15-24)35-28-26(32)21-34-29(37-28)36-23-12-16-25(17-13-23)42-20-8-18-33-30(39)43-31(2,3)4/h10-17,21-22H,5-9,18-20H2,1-4H3,(H,33,40)(H,34,36,37);10-17,21H,5-9,18-20,32H2,1-4H3,(H,33,39)(H2,34,35,36,37). The molecular weight excluding hydrogens is 1120 g/mol. The summed E-state index contributed by atoms with van der Waals surface area (Å²) in [6.45, 7) is 18.2. The summed E-state index contributed by atoms with van der Waals surface area (Å²) in [6, 6.07) is 30.0. The number of imidazole rings is 1. The number of ether oxygens (including phenoxy) is 8. The largest absolute Gasteiger partial charge is 0.494 e. The first kappa shape index (κ1) is 66.5. The van der Waals surface area contributed by atoms with Crippen molar-refractivity contribution in [2.24, 2.45) is 0 Å². The van der Waals surface area contributed by atoms with Gasteiger partial charge in [0.1, 0.15) is 46.0 Å². The second-order valence-corrected chi connectivity index (χ2v) is 21.4. The fourth-order valence-corrected chi connectivity index (χ4v) is 7.73. The van der Waals surface area contributed by atoms with Crippen LogP contribution in [-0.2, 0) is 28.5 Å². The van der Waals surface area contributed by atoms with Crippen LogP contribution in [0.4, 0.5) is 50.1 Å². The van der Waals surface area contributed by atoms with Crippen molar-refractivity contribution in [3.8, 4) is 28.7 Å². The third-order valence-corrected chi connectivity index (χ3v) is 11.8. The molecule has 7 rings (SSSR count). The van der Waals surface area contributed by atoms with Gasteiger partial charge < -0.3 is 70.2 Å². The van der Waals surface area contributed by atoms with Crippen molar-refractivity contribution in [1.82, 2.24) is 40.1 Å². The van der Waals surface area contributed by atoms with Crippen LogP contribution in [0.25, 0.3) is 16.9 Å². The van der Waals surface area contributed by atoms with Crippen LogP contribution in [0, 0.1) is 0 Å². The number of benzene rings is 4. The Morgan fingerprint density at radius 1 is 0.494 bits per heavy atom. The van der Waals surface area contributed by atoms with E-state index < -0.39 is 23.4 Å². The predicted octanol–water partition coefficient (Wildman–Crippen LogP) is 11.9. The molecule has 7 N–H and O–H groups in total. The number of hydrogen-bond donors (Lipinski definition) is 6. The number of unbranched alkanes of at least 4 members (excludes halogenated alkanes) is 2. The first-order valence-corrected chi connectivity index (χ1v) is 29.1. The topological polar surface area (TPSA) is 298 Å². The lowest BCUT2D eigenvalue weighted by Gasteiger charge is -2.19. The maximum atomic E-state index is 11.7.